The van der Waals surface area contributed by atoms with Crippen LogP contribution in [0, 0.1) is 0 Å². The maximum absolute atomic E-state index is 10.4. The van der Waals surface area contributed by atoms with Crippen molar-refractivity contribution in [2.75, 3.05) is 5.73 Å². The highest BCUT2D eigenvalue weighted by atomic mass is 16.4. The quantitative estimate of drug-likeness (QED) is 0.683. The Bertz CT molecular complexity index is 334. The van der Waals surface area contributed by atoms with Crippen LogP contribution in [-0.2, 0) is 0 Å². The van der Waals surface area contributed by atoms with Gasteiger partial charge in [-0.25, -0.2) is 4.79 Å². The Balaban J connectivity index is 3.18. The highest BCUT2D eigenvalue weighted by molar-refractivity contribution is 5.88. The number of anilines is 1. The van der Waals surface area contributed by atoms with Crippen LogP contribution < -0.4 is 5.73 Å². The van der Waals surface area contributed by atoms with E-state index in [9.17, 15) is 4.79 Å². The molecule has 0 amide bonds. The largest absolute Gasteiger partial charge is 0.478 e. The van der Waals surface area contributed by atoms with Gasteiger partial charge in [0.2, 0.25) is 0 Å². The molecule has 0 aliphatic heterocycles. The lowest BCUT2D eigenvalue weighted by Crippen LogP contribution is -2.01. The summed E-state index contributed by atoms with van der Waals surface area (Å²) in [5.74, 6) is -1.04. The van der Waals surface area contributed by atoms with Gasteiger partial charge in [0.1, 0.15) is 0 Å². The van der Waals surface area contributed by atoms with Crippen LogP contribution in [0.3, 0.4) is 0 Å². The molecule has 1 heterocycles. The Labute approximate surface area is 69.4 Å². The fourth-order valence-electron chi connectivity index (χ4n) is 0.780. The molecule has 1 aromatic rings. The van der Waals surface area contributed by atoms with Gasteiger partial charge in [-0.15, -0.1) is 0 Å². The predicted molar refractivity (Wildman–Crippen MR) is 45.7 cm³/mol. The van der Waals surface area contributed by atoms with Crippen molar-refractivity contribution >= 4 is 17.7 Å². The summed E-state index contributed by atoms with van der Waals surface area (Å²) in [6.07, 6.45) is 2.72. The van der Waals surface area contributed by atoms with E-state index in [1.807, 2.05) is 0 Å². The number of carboxylic acid groups (broad SMARTS) is 1. The monoisotopic (exact) mass is 164 g/mol. The van der Waals surface area contributed by atoms with E-state index < -0.39 is 5.97 Å². The highest BCUT2D eigenvalue weighted by Crippen LogP contribution is 2.11. The van der Waals surface area contributed by atoms with E-state index in [4.69, 9.17) is 10.8 Å². The van der Waals surface area contributed by atoms with Crippen molar-refractivity contribution in [1.29, 1.82) is 0 Å². The number of hydrogen-bond donors (Lipinski definition) is 2. The average molecular weight is 164 g/mol. The first-order valence-electron chi connectivity index (χ1n) is 3.26. The van der Waals surface area contributed by atoms with Crippen molar-refractivity contribution < 1.29 is 9.90 Å². The lowest BCUT2D eigenvalue weighted by molar-refractivity contribution is 0.0696. The van der Waals surface area contributed by atoms with E-state index in [0.29, 0.717) is 11.4 Å². The van der Waals surface area contributed by atoms with E-state index in [1.165, 1.54) is 18.3 Å². The van der Waals surface area contributed by atoms with Gasteiger partial charge in [0, 0.05) is 6.20 Å². The zero-order valence-corrected chi connectivity index (χ0v) is 6.32. The van der Waals surface area contributed by atoms with Crippen LogP contribution in [0.4, 0.5) is 5.69 Å². The lowest BCUT2D eigenvalue weighted by atomic mass is 10.2. The Morgan fingerprint density at radius 3 is 2.83 bits per heavy atom. The van der Waals surface area contributed by atoms with Crippen LogP contribution in [0.5, 0.6) is 0 Å². The minimum absolute atomic E-state index is 0.0816. The number of pyridine rings is 1. The van der Waals surface area contributed by atoms with Gasteiger partial charge in [0.15, 0.2) is 0 Å². The molecule has 0 unspecified atom stereocenters. The van der Waals surface area contributed by atoms with Gasteiger partial charge in [-0.05, 0) is 12.1 Å². The Hall–Kier alpha value is -1.84. The van der Waals surface area contributed by atoms with Gasteiger partial charge in [-0.1, -0.05) is 6.58 Å². The highest BCUT2D eigenvalue weighted by Gasteiger charge is 2.04. The van der Waals surface area contributed by atoms with Gasteiger partial charge in [0.05, 0.1) is 16.9 Å². The molecule has 0 saturated heterocycles. The Morgan fingerprint density at radius 2 is 2.42 bits per heavy atom. The summed E-state index contributed by atoms with van der Waals surface area (Å²) >= 11 is 0. The number of nitrogens with two attached hydrogens (primary N) is 1. The van der Waals surface area contributed by atoms with Gasteiger partial charge in [-0.2, -0.15) is 0 Å². The zero-order valence-electron chi connectivity index (χ0n) is 6.32. The van der Waals surface area contributed by atoms with Crippen LogP contribution in [0.25, 0.3) is 6.08 Å². The van der Waals surface area contributed by atoms with E-state index in [1.54, 1.807) is 0 Å². The molecule has 1 aromatic heterocycles. The maximum Gasteiger partial charge on any atom is 0.337 e. The number of nitrogens with zero attached hydrogens (tertiary/aromatic N) is 1. The second kappa shape index (κ2) is 3.04. The molecule has 4 nitrogen and oxygen atoms in total. The molecule has 0 bridgehead atoms. The third kappa shape index (κ3) is 1.42. The fraction of sp³-hybridized carbons (Fsp3) is 0. The normalized spacial score (nSPS) is 9.33. The van der Waals surface area contributed by atoms with Gasteiger partial charge >= 0.3 is 5.97 Å². The van der Waals surface area contributed by atoms with Crippen LogP contribution in [0.2, 0.25) is 0 Å². The number of carbonyl (C=O) groups is 1. The molecule has 0 radical (unpaired) electrons. The van der Waals surface area contributed by atoms with Gasteiger partial charge in [0.25, 0.3) is 0 Å². The van der Waals surface area contributed by atoms with E-state index in [2.05, 4.69) is 11.6 Å². The first-order valence-corrected chi connectivity index (χ1v) is 3.26. The molecule has 0 aromatic carbocycles. The first kappa shape index (κ1) is 8.26. The molecule has 4 heteroatoms. The molecule has 12 heavy (non-hydrogen) atoms. The van der Waals surface area contributed by atoms with Crippen LogP contribution in [-0.4, -0.2) is 16.1 Å². The SMILES string of the molecule is C=Cc1ncc(C(=O)O)cc1N. The molecule has 0 fully saturated rings. The van der Waals surface area contributed by atoms with Crippen molar-refractivity contribution in [3.8, 4) is 0 Å². The summed E-state index contributed by atoms with van der Waals surface area (Å²) in [5, 5.41) is 8.55. The van der Waals surface area contributed by atoms with Crippen LogP contribution >= 0.6 is 0 Å². The molecule has 1 rings (SSSR count). The third-order valence-electron chi connectivity index (χ3n) is 1.39. The minimum Gasteiger partial charge on any atom is -0.478 e. The molecule has 62 valence electrons. The molecule has 0 aliphatic carbocycles. The number of carboxylic acids is 1. The number of hydrogen-bond acceptors (Lipinski definition) is 3. The summed E-state index contributed by atoms with van der Waals surface area (Å²) in [5.41, 5.74) is 6.38. The Morgan fingerprint density at radius 1 is 1.75 bits per heavy atom. The van der Waals surface area contributed by atoms with Crippen LogP contribution in [0.1, 0.15) is 16.1 Å². The van der Waals surface area contributed by atoms with Crippen LogP contribution in [0.15, 0.2) is 18.8 Å². The van der Waals surface area contributed by atoms with Crippen molar-refractivity contribution in [2.45, 2.75) is 0 Å². The van der Waals surface area contributed by atoms with Crippen molar-refractivity contribution in [3.63, 3.8) is 0 Å². The molecule has 0 atom stereocenters. The van der Waals surface area contributed by atoms with Crippen molar-refractivity contribution in [1.82, 2.24) is 4.98 Å². The standard InChI is InChI=1S/C8H8N2O2/c1-2-7-6(9)3-5(4-10-7)8(11)12/h2-4H,1,9H2,(H,11,12). The average Bonchev–Trinajstić information content (AvgIpc) is 2.04. The number of aromatic carboxylic acids is 1. The van der Waals surface area contributed by atoms with E-state index in [0.717, 1.165) is 0 Å². The van der Waals surface area contributed by atoms with Gasteiger partial charge in [-0.3, -0.25) is 4.98 Å². The fourth-order valence-corrected chi connectivity index (χ4v) is 0.780. The summed E-state index contributed by atoms with van der Waals surface area (Å²) in [6, 6.07) is 1.35. The summed E-state index contributed by atoms with van der Waals surface area (Å²) in [6.45, 7) is 3.48. The lowest BCUT2D eigenvalue weighted by Gasteiger charge is -1.99. The number of rotatable bonds is 2. The molecule has 0 spiro atoms. The number of nitrogen functional groups attached to an aromatic ring is 1. The summed E-state index contributed by atoms with van der Waals surface area (Å²) in [4.78, 5) is 14.2. The maximum atomic E-state index is 10.4. The number of aromatic nitrogens is 1. The molecule has 0 saturated carbocycles. The first-order chi connectivity index (χ1) is 5.65. The molecule has 3 N–H and O–H groups in total. The smallest absolute Gasteiger partial charge is 0.337 e. The van der Waals surface area contributed by atoms with E-state index >= 15 is 0 Å². The van der Waals surface area contributed by atoms with E-state index in [-0.39, 0.29) is 5.56 Å². The summed E-state index contributed by atoms with van der Waals surface area (Å²) in [7, 11) is 0. The van der Waals surface area contributed by atoms with Gasteiger partial charge < -0.3 is 10.8 Å². The topological polar surface area (TPSA) is 76.2 Å². The van der Waals surface area contributed by atoms with Crippen molar-refractivity contribution in [2.24, 2.45) is 0 Å². The molecular formula is C8H8N2O2. The summed E-state index contributed by atoms with van der Waals surface area (Å²) < 4.78 is 0. The third-order valence-corrected chi connectivity index (χ3v) is 1.39. The molecular weight excluding hydrogens is 156 g/mol. The zero-order chi connectivity index (χ0) is 9.14. The van der Waals surface area contributed by atoms with Crippen molar-refractivity contribution in [3.05, 3.63) is 30.1 Å². The second-order valence-corrected chi connectivity index (χ2v) is 2.21. The molecule has 0 aliphatic rings. The second-order valence-electron chi connectivity index (χ2n) is 2.21. The minimum atomic E-state index is -1.04. The predicted octanol–water partition coefficient (Wildman–Crippen LogP) is 1.00. The Kier molecular flexibility index (Phi) is 2.09.